The van der Waals surface area contributed by atoms with Gasteiger partial charge in [0, 0.05) is 25.2 Å². The molecule has 2 fully saturated rings. The third-order valence-corrected chi connectivity index (χ3v) is 6.52. The van der Waals surface area contributed by atoms with Crippen molar-refractivity contribution in [2.24, 2.45) is 0 Å². The highest BCUT2D eigenvalue weighted by molar-refractivity contribution is 7.91. The van der Waals surface area contributed by atoms with Gasteiger partial charge in [0.25, 0.3) is 0 Å². The van der Waals surface area contributed by atoms with Crippen molar-refractivity contribution in [2.75, 3.05) is 25.4 Å². The molecule has 0 spiro atoms. The fraction of sp³-hybridized carbons (Fsp3) is 0.562. The predicted octanol–water partition coefficient (Wildman–Crippen LogP) is 1.16. The third kappa shape index (κ3) is 3.17. The molecule has 0 radical (unpaired) electrons. The second kappa shape index (κ2) is 6.37. The van der Waals surface area contributed by atoms with E-state index in [0.29, 0.717) is 29.0 Å². The number of nitrogens with zero attached hydrogens (tertiary/aromatic N) is 2. The summed E-state index contributed by atoms with van der Waals surface area (Å²) < 4.78 is 24.7. The molecule has 2 saturated heterocycles. The standard InChI is InChI=1S/C16H21N3O2S/c17-10-13-2-6-16(7-3-13)22(20,21)9-1-8-19-14-4-5-15(19)12-18-11-14/h2-3,6-7,14-15,18H,1,4-5,8-9,11-12H2. The second-order valence-corrected chi connectivity index (χ2v) is 8.20. The lowest BCUT2D eigenvalue weighted by Gasteiger charge is -2.35. The minimum atomic E-state index is -3.25. The molecule has 6 heteroatoms. The Labute approximate surface area is 131 Å². The Morgan fingerprint density at radius 1 is 1.18 bits per heavy atom. The van der Waals surface area contributed by atoms with Crippen LogP contribution in [-0.2, 0) is 9.84 Å². The maximum absolute atomic E-state index is 12.3. The lowest BCUT2D eigenvalue weighted by atomic mass is 10.2. The van der Waals surface area contributed by atoms with Crippen LogP contribution >= 0.6 is 0 Å². The summed E-state index contributed by atoms with van der Waals surface area (Å²) >= 11 is 0. The maximum Gasteiger partial charge on any atom is 0.178 e. The first kappa shape index (κ1) is 15.5. The molecule has 2 heterocycles. The van der Waals surface area contributed by atoms with Gasteiger partial charge in [-0.25, -0.2) is 8.42 Å². The van der Waals surface area contributed by atoms with Crippen LogP contribution < -0.4 is 5.32 Å². The van der Waals surface area contributed by atoms with E-state index in [1.54, 1.807) is 12.1 Å². The number of benzene rings is 1. The first-order chi connectivity index (χ1) is 10.6. The fourth-order valence-corrected chi connectivity index (χ4v) is 4.82. The third-order valence-electron chi connectivity index (χ3n) is 4.70. The van der Waals surface area contributed by atoms with E-state index < -0.39 is 9.84 Å². The molecule has 2 aliphatic heterocycles. The van der Waals surface area contributed by atoms with Crippen molar-refractivity contribution in [1.82, 2.24) is 10.2 Å². The van der Waals surface area contributed by atoms with E-state index in [2.05, 4.69) is 10.2 Å². The monoisotopic (exact) mass is 319 g/mol. The first-order valence-electron chi connectivity index (χ1n) is 7.79. The van der Waals surface area contributed by atoms with E-state index in [0.717, 1.165) is 19.6 Å². The zero-order valence-corrected chi connectivity index (χ0v) is 13.3. The van der Waals surface area contributed by atoms with Gasteiger partial charge in [-0.2, -0.15) is 5.26 Å². The molecule has 3 rings (SSSR count). The second-order valence-electron chi connectivity index (χ2n) is 6.09. The number of rotatable bonds is 5. The average Bonchev–Trinajstić information content (AvgIpc) is 2.75. The Balaban J connectivity index is 1.57. The molecule has 1 N–H and O–H groups in total. The molecule has 2 bridgehead atoms. The number of nitrogens with one attached hydrogen (secondary N) is 1. The molecular weight excluding hydrogens is 298 g/mol. The summed E-state index contributed by atoms with van der Waals surface area (Å²) in [6.07, 6.45) is 3.11. The normalized spacial score (nSPS) is 25.0. The minimum Gasteiger partial charge on any atom is -0.314 e. The van der Waals surface area contributed by atoms with Crippen molar-refractivity contribution in [3.05, 3.63) is 29.8 Å². The van der Waals surface area contributed by atoms with E-state index in [4.69, 9.17) is 5.26 Å². The van der Waals surface area contributed by atoms with Gasteiger partial charge >= 0.3 is 0 Å². The summed E-state index contributed by atoms with van der Waals surface area (Å²) in [5.74, 6) is 0.169. The van der Waals surface area contributed by atoms with Gasteiger partial charge in [-0.15, -0.1) is 0 Å². The van der Waals surface area contributed by atoms with Gasteiger partial charge in [-0.3, -0.25) is 4.90 Å². The van der Waals surface area contributed by atoms with E-state index in [1.807, 2.05) is 6.07 Å². The highest BCUT2D eigenvalue weighted by Gasteiger charge is 2.35. The van der Waals surface area contributed by atoms with Crippen LogP contribution in [0.15, 0.2) is 29.2 Å². The van der Waals surface area contributed by atoms with E-state index in [-0.39, 0.29) is 5.75 Å². The number of fused-ring (bicyclic) bond motifs is 2. The zero-order chi connectivity index (χ0) is 15.6. The summed E-state index contributed by atoms with van der Waals surface area (Å²) in [5, 5.41) is 12.2. The molecule has 2 atom stereocenters. The average molecular weight is 319 g/mol. The van der Waals surface area contributed by atoms with Crippen molar-refractivity contribution < 1.29 is 8.42 Å². The topological polar surface area (TPSA) is 73.2 Å². The van der Waals surface area contributed by atoms with E-state index in [1.165, 1.54) is 25.0 Å². The van der Waals surface area contributed by atoms with Gasteiger partial charge in [-0.1, -0.05) is 0 Å². The summed E-state index contributed by atoms with van der Waals surface area (Å²) in [7, 11) is -3.25. The molecular formula is C16H21N3O2S. The Bertz CT molecular complexity index is 648. The summed E-state index contributed by atoms with van der Waals surface area (Å²) in [6.45, 7) is 2.91. The molecule has 0 aromatic heterocycles. The van der Waals surface area contributed by atoms with Crippen LogP contribution in [0.2, 0.25) is 0 Å². The van der Waals surface area contributed by atoms with Crippen LogP contribution in [0.4, 0.5) is 0 Å². The molecule has 1 aromatic carbocycles. The molecule has 1 aromatic rings. The number of hydrogen-bond acceptors (Lipinski definition) is 5. The SMILES string of the molecule is N#Cc1ccc(S(=O)(=O)CCCN2C3CCC2CNC3)cc1. The molecule has 5 nitrogen and oxygen atoms in total. The molecule has 0 aliphatic carbocycles. The first-order valence-corrected chi connectivity index (χ1v) is 9.45. The van der Waals surface area contributed by atoms with Gasteiger partial charge in [0.05, 0.1) is 22.3 Å². The van der Waals surface area contributed by atoms with Gasteiger partial charge in [0.2, 0.25) is 0 Å². The van der Waals surface area contributed by atoms with Crippen molar-refractivity contribution >= 4 is 9.84 Å². The molecule has 0 amide bonds. The molecule has 22 heavy (non-hydrogen) atoms. The van der Waals surface area contributed by atoms with E-state index >= 15 is 0 Å². The minimum absolute atomic E-state index is 0.169. The van der Waals surface area contributed by atoms with Crippen LogP contribution in [0.1, 0.15) is 24.8 Å². The van der Waals surface area contributed by atoms with Crippen LogP contribution in [-0.4, -0.2) is 50.8 Å². The quantitative estimate of drug-likeness (QED) is 0.881. The number of piperazine rings is 1. The number of nitriles is 1. The molecule has 2 unspecified atom stereocenters. The Morgan fingerprint density at radius 2 is 1.82 bits per heavy atom. The lowest BCUT2D eigenvalue weighted by molar-refractivity contribution is 0.154. The Hall–Kier alpha value is -1.42. The zero-order valence-electron chi connectivity index (χ0n) is 12.5. The van der Waals surface area contributed by atoms with Crippen molar-refractivity contribution in [3.63, 3.8) is 0 Å². The summed E-state index contributed by atoms with van der Waals surface area (Å²) in [4.78, 5) is 2.79. The van der Waals surface area contributed by atoms with Gasteiger partial charge in [0.1, 0.15) is 0 Å². The summed E-state index contributed by atoms with van der Waals surface area (Å²) in [6, 6.07) is 9.34. The largest absolute Gasteiger partial charge is 0.314 e. The summed E-state index contributed by atoms with van der Waals surface area (Å²) in [5.41, 5.74) is 0.483. The fourth-order valence-electron chi connectivity index (χ4n) is 3.53. The van der Waals surface area contributed by atoms with E-state index in [9.17, 15) is 8.42 Å². The van der Waals surface area contributed by atoms with Crippen LogP contribution in [0.5, 0.6) is 0 Å². The van der Waals surface area contributed by atoms with Crippen LogP contribution in [0, 0.1) is 11.3 Å². The Kier molecular flexibility index (Phi) is 4.48. The van der Waals surface area contributed by atoms with Crippen LogP contribution in [0.25, 0.3) is 0 Å². The van der Waals surface area contributed by atoms with Gasteiger partial charge < -0.3 is 5.32 Å². The van der Waals surface area contributed by atoms with Gasteiger partial charge in [0.15, 0.2) is 9.84 Å². The van der Waals surface area contributed by atoms with Crippen molar-refractivity contribution in [1.29, 1.82) is 5.26 Å². The van der Waals surface area contributed by atoms with Crippen molar-refractivity contribution in [3.8, 4) is 6.07 Å². The van der Waals surface area contributed by atoms with Crippen molar-refractivity contribution in [2.45, 2.75) is 36.2 Å². The predicted molar refractivity (Wildman–Crippen MR) is 84.2 cm³/mol. The Morgan fingerprint density at radius 3 is 2.41 bits per heavy atom. The van der Waals surface area contributed by atoms with Gasteiger partial charge in [-0.05, 0) is 50.1 Å². The molecule has 2 aliphatic rings. The number of sulfone groups is 1. The van der Waals surface area contributed by atoms with Crippen LogP contribution in [0.3, 0.4) is 0 Å². The highest BCUT2D eigenvalue weighted by Crippen LogP contribution is 2.26. The number of hydrogen-bond donors (Lipinski definition) is 1. The lowest BCUT2D eigenvalue weighted by Crippen LogP contribution is -2.52. The highest BCUT2D eigenvalue weighted by atomic mass is 32.2. The molecule has 118 valence electrons. The smallest absolute Gasteiger partial charge is 0.178 e. The maximum atomic E-state index is 12.3. The molecule has 0 saturated carbocycles.